The Kier molecular flexibility index (Phi) is 5.84. The van der Waals surface area contributed by atoms with Gasteiger partial charge in [-0.15, -0.1) is 0 Å². The fraction of sp³-hybridized carbons (Fsp3) is 0.697. The molecule has 38 heavy (non-hydrogen) atoms. The third-order valence-corrected chi connectivity index (χ3v) is 13.0. The van der Waals surface area contributed by atoms with Crippen molar-refractivity contribution in [3.63, 3.8) is 0 Å². The average molecular weight is 525 g/mol. The fourth-order valence-corrected chi connectivity index (χ4v) is 11.5. The van der Waals surface area contributed by atoms with Crippen molar-refractivity contribution in [1.29, 1.82) is 0 Å². The van der Waals surface area contributed by atoms with E-state index in [1.807, 2.05) is 0 Å². The minimum absolute atomic E-state index is 0.0589. The van der Waals surface area contributed by atoms with Gasteiger partial charge in [0.05, 0.1) is 0 Å². The lowest BCUT2D eigenvalue weighted by molar-refractivity contribution is -0.178. The van der Waals surface area contributed by atoms with E-state index in [1.165, 1.54) is 50.5 Å². The van der Waals surface area contributed by atoms with Gasteiger partial charge in [-0.2, -0.15) is 0 Å². The van der Waals surface area contributed by atoms with Crippen LogP contribution in [-0.4, -0.2) is 17.4 Å². The normalized spacial score (nSPS) is 43.2. The molecule has 0 aromatic heterocycles. The largest absolute Gasteiger partial charge is 0.477 e. The summed E-state index contributed by atoms with van der Waals surface area (Å²) in [6.07, 6.45) is 14.8. The summed E-state index contributed by atoms with van der Waals surface area (Å²) in [5.74, 6) is -0.738. The van der Waals surface area contributed by atoms with Crippen LogP contribution >= 0.6 is 0 Å². The zero-order chi connectivity index (χ0) is 27.3. The molecule has 1 aromatic rings. The molecule has 0 spiro atoms. The lowest BCUT2D eigenvalue weighted by atomic mass is 9.36. The Morgan fingerprint density at radius 2 is 1.61 bits per heavy atom. The van der Waals surface area contributed by atoms with E-state index >= 15 is 0 Å². The van der Waals surface area contributed by atoms with Crippen molar-refractivity contribution in [2.24, 2.45) is 51.2 Å². The highest BCUT2D eigenvalue weighted by Crippen LogP contribution is 2.73. The summed E-state index contributed by atoms with van der Waals surface area (Å²) in [6, 6.07) is 2.42. The molecule has 0 amide bonds. The first-order valence-electron chi connectivity index (χ1n) is 14.8. The molecule has 0 bridgehead atoms. The number of carboxylic acid groups (broad SMARTS) is 1. The van der Waals surface area contributed by atoms with Crippen molar-refractivity contribution >= 4 is 17.8 Å². The first kappa shape index (κ1) is 26.2. The number of fused-ring (bicyclic) bond motifs is 7. The molecule has 4 fully saturated rings. The summed E-state index contributed by atoms with van der Waals surface area (Å²) in [5, 5.41) is 9.22. The van der Waals surface area contributed by atoms with Crippen molar-refractivity contribution in [3.05, 3.63) is 41.0 Å². The molecule has 0 radical (unpaired) electrons. The van der Waals surface area contributed by atoms with Gasteiger partial charge >= 0.3 is 5.97 Å². The predicted octanol–water partition coefficient (Wildman–Crippen LogP) is 8.32. The van der Waals surface area contributed by atoms with Crippen LogP contribution in [0, 0.1) is 62.9 Å². The summed E-state index contributed by atoms with van der Waals surface area (Å²) in [5.41, 5.74) is 0.522. The number of hydrogen-bond acceptors (Lipinski definition) is 2. The number of allylic oxidation sites excluding steroid dienone is 2. The Hall–Kier alpha value is -2.04. The Bertz CT molecular complexity index is 1200. The standard InChI is InChI=1S/C33H42F2O3/c1-30(2)21(19-16-24(34)28(29(37)38)25(35)17-19)9-13-32(4)26(30)11-14-31(3)22-10-15-33(18-36)12-5-6-23(33)20(22)7-8-27(31)32/h9,16-18,20,22-23,26-27H,5-8,10-15H2,1-4H3,(H,37,38). The number of carbonyl (C=O) groups excluding carboxylic acids is 1. The maximum Gasteiger partial charge on any atom is 0.341 e. The zero-order valence-corrected chi connectivity index (χ0v) is 23.3. The van der Waals surface area contributed by atoms with E-state index < -0.39 is 23.2 Å². The molecule has 4 saturated carbocycles. The number of carboxylic acids is 1. The minimum atomic E-state index is -1.58. The van der Waals surface area contributed by atoms with Crippen LogP contribution in [0.25, 0.3) is 5.57 Å². The Balaban J connectivity index is 1.35. The Morgan fingerprint density at radius 1 is 0.895 bits per heavy atom. The predicted molar refractivity (Wildman–Crippen MR) is 143 cm³/mol. The average Bonchev–Trinajstić information content (AvgIpc) is 3.28. The molecule has 0 saturated heterocycles. The molecule has 5 aliphatic rings. The van der Waals surface area contributed by atoms with Crippen LogP contribution in [0.5, 0.6) is 0 Å². The van der Waals surface area contributed by atoms with Crippen molar-refractivity contribution < 1.29 is 23.5 Å². The molecule has 0 aliphatic heterocycles. The summed E-state index contributed by atoms with van der Waals surface area (Å²) in [6.45, 7) is 9.46. The lowest BCUT2D eigenvalue weighted by Crippen LogP contribution is -2.61. The minimum Gasteiger partial charge on any atom is -0.477 e. The summed E-state index contributed by atoms with van der Waals surface area (Å²) < 4.78 is 29.4. The van der Waals surface area contributed by atoms with Crippen LogP contribution in [-0.2, 0) is 4.79 Å². The topological polar surface area (TPSA) is 54.4 Å². The van der Waals surface area contributed by atoms with Crippen LogP contribution in [0.4, 0.5) is 8.78 Å². The summed E-state index contributed by atoms with van der Waals surface area (Å²) >= 11 is 0. The Morgan fingerprint density at radius 3 is 2.26 bits per heavy atom. The van der Waals surface area contributed by atoms with Gasteiger partial charge in [0.2, 0.25) is 0 Å². The van der Waals surface area contributed by atoms with Crippen LogP contribution in [0.2, 0.25) is 0 Å². The highest BCUT2D eigenvalue weighted by molar-refractivity contribution is 5.89. The van der Waals surface area contributed by atoms with Crippen LogP contribution in [0.3, 0.4) is 0 Å². The maximum atomic E-state index is 14.7. The van der Waals surface area contributed by atoms with Gasteiger partial charge in [0.15, 0.2) is 0 Å². The number of hydrogen-bond donors (Lipinski definition) is 1. The van der Waals surface area contributed by atoms with E-state index in [0.717, 1.165) is 37.7 Å². The first-order chi connectivity index (χ1) is 17.9. The molecule has 1 aromatic carbocycles. The summed E-state index contributed by atoms with van der Waals surface area (Å²) in [7, 11) is 0. The van der Waals surface area contributed by atoms with Gasteiger partial charge in [0.25, 0.3) is 0 Å². The molecule has 206 valence electrons. The van der Waals surface area contributed by atoms with Gasteiger partial charge in [-0.3, -0.25) is 0 Å². The molecule has 6 rings (SSSR count). The van der Waals surface area contributed by atoms with E-state index in [2.05, 4.69) is 33.8 Å². The third-order valence-electron chi connectivity index (χ3n) is 13.0. The smallest absolute Gasteiger partial charge is 0.341 e. The lowest BCUT2D eigenvalue weighted by Gasteiger charge is -2.68. The fourth-order valence-electron chi connectivity index (χ4n) is 11.5. The molecule has 5 heteroatoms. The second-order valence-electron chi connectivity index (χ2n) is 14.6. The van der Waals surface area contributed by atoms with Crippen molar-refractivity contribution in [2.75, 3.05) is 0 Å². The highest BCUT2D eigenvalue weighted by Gasteiger charge is 2.65. The second-order valence-corrected chi connectivity index (χ2v) is 14.6. The monoisotopic (exact) mass is 524 g/mol. The van der Waals surface area contributed by atoms with Crippen LogP contribution < -0.4 is 0 Å². The molecular weight excluding hydrogens is 482 g/mol. The highest BCUT2D eigenvalue weighted by atomic mass is 19.1. The van der Waals surface area contributed by atoms with Crippen molar-refractivity contribution in [3.8, 4) is 0 Å². The maximum absolute atomic E-state index is 14.7. The van der Waals surface area contributed by atoms with Gasteiger partial charge in [0, 0.05) is 5.41 Å². The molecule has 5 aliphatic carbocycles. The number of benzene rings is 1. The number of carbonyl (C=O) groups is 2. The van der Waals surface area contributed by atoms with Gasteiger partial charge in [-0.1, -0.05) is 40.2 Å². The number of rotatable bonds is 3. The van der Waals surface area contributed by atoms with Gasteiger partial charge < -0.3 is 9.90 Å². The van der Waals surface area contributed by atoms with E-state index in [4.69, 9.17) is 0 Å². The summed E-state index contributed by atoms with van der Waals surface area (Å²) in [4.78, 5) is 23.6. The third kappa shape index (κ3) is 3.35. The van der Waals surface area contributed by atoms with E-state index in [0.29, 0.717) is 35.2 Å². The Labute approximate surface area is 225 Å². The molecule has 1 N–H and O–H groups in total. The van der Waals surface area contributed by atoms with Crippen molar-refractivity contribution in [2.45, 2.75) is 91.9 Å². The quantitative estimate of drug-likeness (QED) is 0.405. The SMILES string of the molecule is CC1(C)C(c2cc(F)c(C(=O)O)c(F)c2)=CCC2(C)C1CCC1(C)C3CCC4(C=O)CCCC4C3CCC12. The second kappa shape index (κ2) is 8.48. The van der Waals surface area contributed by atoms with Gasteiger partial charge in [0.1, 0.15) is 23.5 Å². The van der Waals surface area contributed by atoms with Gasteiger partial charge in [-0.25, -0.2) is 13.6 Å². The molecule has 0 heterocycles. The number of aldehydes is 1. The van der Waals surface area contributed by atoms with Gasteiger partial charge in [-0.05, 0) is 127 Å². The molecular formula is C33H42F2O3. The van der Waals surface area contributed by atoms with E-state index in [-0.39, 0.29) is 21.7 Å². The number of halogens is 2. The number of aromatic carboxylic acids is 1. The first-order valence-corrected chi connectivity index (χ1v) is 14.8. The van der Waals surface area contributed by atoms with Crippen molar-refractivity contribution in [1.82, 2.24) is 0 Å². The van der Waals surface area contributed by atoms with Crippen LogP contribution in [0.1, 0.15) is 108 Å². The molecule has 8 atom stereocenters. The molecule has 3 nitrogen and oxygen atoms in total. The molecule has 8 unspecified atom stereocenters. The van der Waals surface area contributed by atoms with Crippen LogP contribution in [0.15, 0.2) is 18.2 Å². The van der Waals surface area contributed by atoms with E-state index in [9.17, 15) is 23.5 Å². The van der Waals surface area contributed by atoms with E-state index in [1.54, 1.807) is 0 Å². The zero-order valence-electron chi connectivity index (χ0n) is 23.3.